The van der Waals surface area contributed by atoms with Crippen LogP contribution in [0.3, 0.4) is 0 Å². The average molecular weight is 349 g/mol. The summed E-state index contributed by atoms with van der Waals surface area (Å²) in [4.78, 5) is -0.228. The number of hydrogen-bond acceptors (Lipinski definition) is 3. The van der Waals surface area contributed by atoms with Crippen LogP contribution >= 0.6 is 0 Å². The molecule has 1 aromatic carbocycles. The number of aryl methyl sites for hydroxylation is 1. The molecular weight excluding hydrogens is 329 g/mol. The van der Waals surface area contributed by atoms with Gasteiger partial charge in [0.05, 0.1) is 5.69 Å². The molecule has 2 aromatic rings. The third kappa shape index (κ3) is 2.65. The molecule has 1 saturated carbocycles. The molecule has 2 heterocycles. The van der Waals surface area contributed by atoms with Crippen molar-refractivity contribution in [1.82, 2.24) is 14.5 Å². The van der Waals surface area contributed by atoms with E-state index in [9.17, 15) is 12.8 Å². The summed E-state index contributed by atoms with van der Waals surface area (Å²) in [6, 6.07) is 4.21. The molecule has 0 unspecified atom stereocenters. The van der Waals surface area contributed by atoms with E-state index < -0.39 is 15.8 Å². The van der Waals surface area contributed by atoms with Crippen molar-refractivity contribution in [1.29, 1.82) is 0 Å². The zero-order chi connectivity index (χ0) is 16.9. The Morgan fingerprint density at radius 3 is 2.75 bits per heavy atom. The maximum atomic E-state index is 14.1. The van der Waals surface area contributed by atoms with Crippen LogP contribution in [-0.4, -0.2) is 36.0 Å². The Balaban J connectivity index is 1.62. The third-order valence-corrected chi connectivity index (χ3v) is 6.79. The van der Waals surface area contributed by atoms with Crippen molar-refractivity contribution in [3.05, 3.63) is 46.5 Å². The van der Waals surface area contributed by atoms with Crippen molar-refractivity contribution in [3.8, 4) is 0 Å². The van der Waals surface area contributed by atoms with Gasteiger partial charge in [0.1, 0.15) is 10.7 Å². The van der Waals surface area contributed by atoms with Gasteiger partial charge in [0.15, 0.2) is 0 Å². The summed E-state index contributed by atoms with van der Waals surface area (Å²) in [6.45, 7) is 2.47. The molecule has 0 amide bonds. The highest BCUT2D eigenvalue weighted by atomic mass is 32.2. The quantitative estimate of drug-likeness (QED) is 0.926. The predicted octanol–water partition coefficient (Wildman–Crippen LogP) is 2.52. The molecule has 1 N–H and O–H groups in total. The van der Waals surface area contributed by atoms with Crippen molar-refractivity contribution in [2.45, 2.75) is 43.4 Å². The molecule has 1 aliphatic heterocycles. The van der Waals surface area contributed by atoms with E-state index in [1.807, 2.05) is 0 Å². The van der Waals surface area contributed by atoms with Crippen LogP contribution in [0.5, 0.6) is 0 Å². The normalized spacial score (nSPS) is 19.1. The smallest absolute Gasteiger partial charge is 0.246 e. The topological polar surface area (TPSA) is 66.1 Å². The van der Waals surface area contributed by atoms with Gasteiger partial charge in [-0.3, -0.25) is 5.10 Å². The van der Waals surface area contributed by atoms with E-state index in [0.29, 0.717) is 31.8 Å². The maximum absolute atomic E-state index is 14.1. The van der Waals surface area contributed by atoms with Crippen molar-refractivity contribution >= 4 is 10.0 Å². The number of benzene rings is 1. The summed E-state index contributed by atoms with van der Waals surface area (Å²) >= 11 is 0. The van der Waals surface area contributed by atoms with Crippen LogP contribution in [0.25, 0.3) is 0 Å². The molecule has 1 aromatic heterocycles. The van der Waals surface area contributed by atoms with Crippen LogP contribution in [-0.2, 0) is 22.9 Å². The maximum Gasteiger partial charge on any atom is 0.246 e. The number of aromatic nitrogens is 2. The Labute approximate surface area is 140 Å². The first-order valence-corrected chi connectivity index (χ1v) is 9.73. The van der Waals surface area contributed by atoms with Gasteiger partial charge in [-0.15, -0.1) is 0 Å². The molecule has 0 atom stereocenters. The monoisotopic (exact) mass is 349 g/mol. The molecule has 0 radical (unpaired) electrons. The summed E-state index contributed by atoms with van der Waals surface area (Å²) in [5, 5.41) is 7.49. The number of nitrogens with zero attached hydrogens (tertiary/aromatic N) is 2. The highest BCUT2D eigenvalue weighted by Crippen LogP contribution is 2.41. The summed E-state index contributed by atoms with van der Waals surface area (Å²) in [7, 11) is -3.83. The van der Waals surface area contributed by atoms with Gasteiger partial charge in [-0.2, -0.15) is 9.40 Å². The Bertz CT molecular complexity index is 887. The highest BCUT2D eigenvalue weighted by molar-refractivity contribution is 7.89. The molecule has 5 nitrogen and oxygen atoms in total. The van der Waals surface area contributed by atoms with E-state index in [1.54, 1.807) is 13.0 Å². The molecule has 2 aliphatic rings. The van der Waals surface area contributed by atoms with E-state index in [4.69, 9.17) is 0 Å². The Kier molecular flexibility index (Phi) is 3.73. The molecule has 7 heteroatoms. The number of aromatic amines is 1. The highest BCUT2D eigenvalue weighted by Gasteiger charge is 2.34. The minimum atomic E-state index is -3.83. The first-order chi connectivity index (χ1) is 11.5. The van der Waals surface area contributed by atoms with Crippen molar-refractivity contribution < 1.29 is 12.8 Å². The van der Waals surface area contributed by atoms with Crippen LogP contribution in [0.1, 0.15) is 41.3 Å². The molecule has 0 spiro atoms. The molecule has 24 heavy (non-hydrogen) atoms. The standard InChI is InChI=1S/C17H20FN3O2S/c1-11-2-5-14(18)16(10-11)24(22,23)21-8-6-13-15(7-9-21)19-20-17(13)12-3-4-12/h2,5,10,12H,3-4,6-9H2,1H3,(H,19,20). The number of nitrogens with one attached hydrogen (secondary N) is 1. The Hall–Kier alpha value is -1.73. The number of rotatable bonds is 3. The van der Waals surface area contributed by atoms with Crippen LogP contribution < -0.4 is 0 Å². The van der Waals surface area contributed by atoms with Crippen LogP contribution in [0.15, 0.2) is 23.1 Å². The largest absolute Gasteiger partial charge is 0.282 e. The van der Waals surface area contributed by atoms with Gasteiger partial charge in [-0.05, 0) is 49.4 Å². The van der Waals surface area contributed by atoms with Gasteiger partial charge < -0.3 is 0 Å². The van der Waals surface area contributed by atoms with E-state index in [0.717, 1.165) is 29.8 Å². The van der Waals surface area contributed by atoms with Gasteiger partial charge in [0, 0.05) is 31.1 Å². The fourth-order valence-electron chi connectivity index (χ4n) is 3.37. The average Bonchev–Trinajstić information content (AvgIpc) is 3.35. The lowest BCUT2D eigenvalue weighted by molar-refractivity contribution is 0.420. The van der Waals surface area contributed by atoms with Gasteiger partial charge in [-0.25, -0.2) is 12.8 Å². The van der Waals surface area contributed by atoms with Gasteiger partial charge in [0.25, 0.3) is 0 Å². The molecule has 0 bridgehead atoms. The SMILES string of the molecule is Cc1ccc(F)c(S(=O)(=O)N2CCc3[nH]nc(C4CC4)c3CC2)c1. The molecule has 128 valence electrons. The van der Waals surface area contributed by atoms with Crippen LogP contribution in [0.4, 0.5) is 4.39 Å². The lowest BCUT2D eigenvalue weighted by Crippen LogP contribution is -2.34. The second-order valence-electron chi connectivity index (χ2n) is 6.68. The molecule has 1 aliphatic carbocycles. The van der Waals surface area contributed by atoms with Gasteiger partial charge in [0.2, 0.25) is 10.0 Å². The van der Waals surface area contributed by atoms with Crippen molar-refractivity contribution in [2.24, 2.45) is 0 Å². The van der Waals surface area contributed by atoms with E-state index >= 15 is 0 Å². The molecule has 1 fully saturated rings. The zero-order valence-corrected chi connectivity index (χ0v) is 14.4. The van der Waals surface area contributed by atoms with E-state index in [1.165, 1.54) is 22.0 Å². The van der Waals surface area contributed by atoms with Crippen LogP contribution in [0, 0.1) is 12.7 Å². The predicted molar refractivity (Wildman–Crippen MR) is 87.9 cm³/mol. The molecule has 4 rings (SSSR count). The first-order valence-electron chi connectivity index (χ1n) is 8.29. The fraction of sp³-hybridized carbons (Fsp3) is 0.471. The second kappa shape index (κ2) is 5.67. The fourth-order valence-corrected chi connectivity index (χ4v) is 4.96. The van der Waals surface area contributed by atoms with Crippen molar-refractivity contribution in [3.63, 3.8) is 0 Å². The second-order valence-corrected chi connectivity index (χ2v) is 8.58. The van der Waals surface area contributed by atoms with E-state index in [2.05, 4.69) is 10.2 Å². The molecule has 0 saturated heterocycles. The minimum absolute atomic E-state index is 0.228. The number of fused-ring (bicyclic) bond motifs is 1. The number of hydrogen-bond donors (Lipinski definition) is 1. The van der Waals surface area contributed by atoms with Crippen LogP contribution in [0.2, 0.25) is 0 Å². The Morgan fingerprint density at radius 1 is 1.25 bits per heavy atom. The summed E-state index contributed by atoms with van der Waals surface area (Å²) < 4.78 is 41.2. The number of sulfonamides is 1. The number of halogens is 1. The third-order valence-electron chi connectivity index (χ3n) is 4.88. The number of H-pyrrole nitrogens is 1. The minimum Gasteiger partial charge on any atom is -0.282 e. The van der Waals surface area contributed by atoms with Gasteiger partial charge in [-0.1, -0.05) is 6.07 Å². The Morgan fingerprint density at radius 2 is 2.00 bits per heavy atom. The van der Waals surface area contributed by atoms with Gasteiger partial charge >= 0.3 is 0 Å². The first kappa shape index (κ1) is 15.8. The summed E-state index contributed by atoms with van der Waals surface area (Å²) in [5.41, 5.74) is 4.03. The zero-order valence-electron chi connectivity index (χ0n) is 13.5. The summed E-state index contributed by atoms with van der Waals surface area (Å²) in [6.07, 6.45) is 3.54. The lowest BCUT2D eigenvalue weighted by atomic mass is 10.1. The van der Waals surface area contributed by atoms with E-state index in [-0.39, 0.29) is 4.90 Å². The van der Waals surface area contributed by atoms with Crippen molar-refractivity contribution in [2.75, 3.05) is 13.1 Å². The summed E-state index contributed by atoms with van der Waals surface area (Å²) in [5.74, 6) is -0.161. The molecular formula is C17H20FN3O2S. The lowest BCUT2D eigenvalue weighted by Gasteiger charge is -2.20.